The van der Waals surface area contributed by atoms with Crippen molar-refractivity contribution in [2.45, 2.75) is 26.7 Å². The van der Waals surface area contributed by atoms with Gasteiger partial charge in [0.05, 0.1) is 5.02 Å². The molecule has 2 nitrogen and oxygen atoms in total. The SMILES string of the molecule is CCC(C)(CN)C(=O)Cc1ccc(Cl)c(F)c1. The van der Waals surface area contributed by atoms with Gasteiger partial charge in [-0.15, -0.1) is 0 Å². The van der Waals surface area contributed by atoms with E-state index in [0.29, 0.717) is 18.5 Å². The average molecular weight is 258 g/mol. The van der Waals surface area contributed by atoms with Crippen LogP contribution in [-0.2, 0) is 11.2 Å². The van der Waals surface area contributed by atoms with Crippen molar-refractivity contribution in [2.75, 3.05) is 6.54 Å². The topological polar surface area (TPSA) is 43.1 Å². The molecular weight excluding hydrogens is 241 g/mol. The van der Waals surface area contributed by atoms with Crippen molar-refractivity contribution in [2.24, 2.45) is 11.1 Å². The number of ketones is 1. The summed E-state index contributed by atoms with van der Waals surface area (Å²) in [6.45, 7) is 4.06. The maximum atomic E-state index is 13.2. The summed E-state index contributed by atoms with van der Waals surface area (Å²) >= 11 is 5.58. The molecule has 0 spiro atoms. The fourth-order valence-electron chi connectivity index (χ4n) is 1.50. The van der Waals surface area contributed by atoms with E-state index in [0.717, 1.165) is 0 Å². The van der Waals surface area contributed by atoms with Gasteiger partial charge in [-0.1, -0.05) is 31.5 Å². The van der Waals surface area contributed by atoms with Crippen molar-refractivity contribution < 1.29 is 9.18 Å². The molecule has 0 fully saturated rings. The molecule has 0 saturated heterocycles. The van der Waals surface area contributed by atoms with E-state index in [4.69, 9.17) is 17.3 Å². The highest BCUT2D eigenvalue weighted by Gasteiger charge is 2.29. The van der Waals surface area contributed by atoms with Gasteiger partial charge >= 0.3 is 0 Å². The van der Waals surface area contributed by atoms with Crippen LogP contribution < -0.4 is 5.73 Å². The van der Waals surface area contributed by atoms with Gasteiger partial charge in [0, 0.05) is 18.4 Å². The van der Waals surface area contributed by atoms with E-state index in [1.165, 1.54) is 12.1 Å². The van der Waals surface area contributed by atoms with Gasteiger partial charge in [0.15, 0.2) is 0 Å². The summed E-state index contributed by atoms with van der Waals surface area (Å²) < 4.78 is 13.2. The Morgan fingerprint density at radius 1 is 1.53 bits per heavy atom. The predicted octanol–water partition coefficient (Wildman–Crippen LogP) is 2.97. The Hall–Kier alpha value is -0.930. The molecule has 4 heteroatoms. The number of halogens is 2. The first-order valence-electron chi connectivity index (χ1n) is 5.60. The number of hydrogen-bond acceptors (Lipinski definition) is 2. The molecule has 1 unspecified atom stereocenters. The Morgan fingerprint density at radius 2 is 2.18 bits per heavy atom. The predicted molar refractivity (Wildman–Crippen MR) is 67.6 cm³/mol. The number of rotatable bonds is 5. The lowest BCUT2D eigenvalue weighted by atomic mass is 9.80. The van der Waals surface area contributed by atoms with Gasteiger partial charge in [-0.25, -0.2) is 4.39 Å². The second kappa shape index (κ2) is 5.61. The normalized spacial score (nSPS) is 14.4. The summed E-state index contributed by atoms with van der Waals surface area (Å²) in [7, 11) is 0. The molecule has 0 amide bonds. The van der Waals surface area contributed by atoms with Crippen molar-refractivity contribution >= 4 is 17.4 Å². The standard InChI is InChI=1S/C13H17ClFNO/c1-3-13(2,8-16)12(17)7-9-4-5-10(14)11(15)6-9/h4-6H,3,7-8,16H2,1-2H3. The van der Waals surface area contributed by atoms with Gasteiger partial charge in [-0.3, -0.25) is 4.79 Å². The number of carbonyl (C=O) groups excluding carboxylic acids is 1. The van der Waals surface area contributed by atoms with Crippen LogP contribution >= 0.6 is 11.6 Å². The molecule has 0 aliphatic carbocycles. The van der Waals surface area contributed by atoms with E-state index in [1.54, 1.807) is 6.07 Å². The number of carbonyl (C=O) groups is 1. The van der Waals surface area contributed by atoms with Crippen molar-refractivity contribution in [1.29, 1.82) is 0 Å². The van der Waals surface area contributed by atoms with E-state index in [-0.39, 0.29) is 17.2 Å². The number of benzene rings is 1. The first kappa shape index (κ1) is 14.1. The number of nitrogens with two attached hydrogens (primary N) is 1. The number of Topliss-reactive ketones (excluding diaryl/α,β-unsaturated/α-hetero) is 1. The first-order valence-corrected chi connectivity index (χ1v) is 5.98. The van der Waals surface area contributed by atoms with Gasteiger partial charge < -0.3 is 5.73 Å². The van der Waals surface area contributed by atoms with Crippen LogP contribution in [0.3, 0.4) is 0 Å². The summed E-state index contributed by atoms with van der Waals surface area (Å²) in [6.07, 6.45) is 0.869. The van der Waals surface area contributed by atoms with Crippen molar-refractivity contribution in [3.63, 3.8) is 0 Å². The Bertz CT molecular complexity index is 416. The zero-order valence-corrected chi connectivity index (χ0v) is 10.9. The molecule has 1 rings (SSSR count). The zero-order valence-electron chi connectivity index (χ0n) is 10.1. The van der Waals surface area contributed by atoms with Crippen molar-refractivity contribution in [1.82, 2.24) is 0 Å². The van der Waals surface area contributed by atoms with Crippen LogP contribution in [0.2, 0.25) is 5.02 Å². The Morgan fingerprint density at radius 3 is 2.65 bits per heavy atom. The fraction of sp³-hybridized carbons (Fsp3) is 0.462. The van der Waals surface area contributed by atoms with Gasteiger partial charge in [-0.2, -0.15) is 0 Å². The average Bonchev–Trinajstić information content (AvgIpc) is 2.32. The van der Waals surface area contributed by atoms with Gasteiger partial charge in [0.1, 0.15) is 11.6 Å². The minimum Gasteiger partial charge on any atom is -0.329 e. The lowest BCUT2D eigenvalue weighted by molar-refractivity contribution is -0.126. The third kappa shape index (κ3) is 3.27. The maximum Gasteiger partial charge on any atom is 0.144 e. The Balaban J connectivity index is 2.84. The minimum absolute atomic E-state index is 0.0317. The highest BCUT2D eigenvalue weighted by Crippen LogP contribution is 2.24. The van der Waals surface area contributed by atoms with E-state index in [1.807, 2.05) is 13.8 Å². The summed E-state index contributed by atoms with van der Waals surface area (Å²) in [5, 5.41) is 0.0678. The van der Waals surface area contributed by atoms with Crippen LogP contribution in [0.5, 0.6) is 0 Å². The molecule has 0 heterocycles. The quantitative estimate of drug-likeness (QED) is 0.881. The van der Waals surface area contributed by atoms with Gasteiger partial charge in [0.2, 0.25) is 0 Å². The molecule has 0 bridgehead atoms. The van der Waals surface area contributed by atoms with Crippen molar-refractivity contribution in [3.8, 4) is 0 Å². The number of hydrogen-bond donors (Lipinski definition) is 1. The second-order valence-corrected chi connectivity index (χ2v) is 4.87. The van der Waals surface area contributed by atoms with Gasteiger partial charge in [-0.05, 0) is 24.1 Å². The largest absolute Gasteiger partial charge is 0.329 e. The Labute approximate surface area is 106 Å². The molecule has 94 valence electrons. The zero-order chi connectivity index (χ0) is 13.1. The molecule has 1 atom stereocenters. The molecule has 0 radical (unpaired) electrons. The molecule has 1 aromatic carbocycles. The van der Waals surface area contributed by atoms with Crippen LogP contribution in [0.25, 0.3) is 0 Å². The third-order valence-electron chi connectivity index (χ3n) is 3.25. The van der Waals surface area contributed by atoms with E-state index in [9.17, 15) is 9.18 Å². The molecule has 0 aromatic heterocycles. The smallest absolute Gasteiger partial charge is 0.144 e. The summed E-state index contributed by atoms with van der Waals surface area (Å²) in [6, 6.07) is 4.42. The highest BCUT2D eigenvalue weighted by molar-refractivity contribution is 6.30. The molecule has 2 N–H and O–H groups in total. The monoisotopic (exact) mass is 257 g/mol. The van der Waals surface area contributed by atoms with Gasteiger partial charge in [0.25, 0.3) is 0 Å². The van der Waals surface area contributed by atoms with Crippen LogP contribution in [0.15, 0.2) is 18.2 Å². The van der Waals surface area contributed by atoms with Crippen LogP contribution in [-0.4, -0.2) is 12.3 Å². The molecule has 0 saturated carbocycles. The maximum absolute atomic E-state index is 13.2. The molecule has 0 aliphatic rings. The third-order valence-corrected chi connectivity index (χ3v) is 3.56. The molecule has 1 aromatic rings. The second-order valence-electron chi connectivity index (χ2n) is 4.47. The first-order chi connectivity index (χ1) is 7.92. The van der Waals surface area contributed by atoms with E-state index < -0.39 is 11.2 Å². The van der Waals surface area contributed by atoms with Crippen molar-refractivity contribution in [3.05, 3.63) is 34.6 Å². The van der Waals surface area contributed by atoms with E-state index in [2.05, 4.69) is 0 Å². The molecule has 17 heavy (non-hydrogen) atoms. The lowest BCUT2D eigenvalue weighted by Gasteiger charge is -2.24. The van der Waals surface area contributed by atoms with E-state index >= 15 is 0 Å². The summed E-state index contributed by atoms with van der Waals surface area (Å²) in [4.78, 5) is 12.1. The van der Waals surface area contributed by atoms with Crippen LogP contribution in [0.4, 0.5) is 4.39 Å². The minimum atomic E-state index is -0.532. The fourth-order valence-corrected chi connectivity index (χ4v) is 1.62. The lowest BCUT2D eigenvalue weighted by Crippen LogP contribution is -2.36. The Kier molecular flexibility index (Phi) is 4.66. The van der Waals surface area contributed by atoms with Crippen LogP contribution in [0.1, 0.15) is 25.8 Å². The summed E-state index contributed by atoms with van der Waals surface area (Å²) in [5.41, 5.74) is 5.71. The highest BCUT2D eigenvalue weighted by atomic mass is 35.5. The molecular formula is C13H17ClFNO. The van der Waals surface area contributed by atoms with Crippen LogP contribution in [0, 0.1) is 11.2 Å². The molecule has 0 aliphatic heterocycles. The summed E-state index contributed by atoms with van der Waals surface area (Å²) in [5.74, 6) is -0.466.